The van der Waals surface area contributed by atoms with Crippen molar-refractivity contribution in [1.29, 1.82) is 0 Å². The van der Waals surface area contributed by atoms with E-state index in [0.717, 1.165) is 11.1 Å². The lowest BCUT2D eigenvalue weighted by molar-refractivity contribution is -0.172. The van der Waals surface area contributed by atoms with Gasteiger partial charge in [0.25, 0.3) is 0 Å². The second-order valence-electron chi connectivity index (χ2n) is 6.23. The SMILES string of the molecule is OC1C(OCc2ccccc2)CC[C@H](OCc2ccccc2)[C@H]1O. The second kappa shape index (κ2) is 8.40. The molecule has 0 saturated heterocycles. The highest BCUT2D eigenvalue weighted by Gasteiger charge is 2.38. The van der Waals surface area contributed by atoms with Crippen molar-refractivity contribution in [3.05, 3.63) is 71.8 Å². The van der Waals surface area contributed by atoms with Crippen LogP contribution in [-0.4, -0.2) is 34.6 Å². The minimum absolute atomic E-state index is 0.364. The molecule has 0 radical (unpaired) electrons. The van der Waals surface area contributed by atoms with Gasteiger partial charge >= 0.3 is 0 Å². The topological polar surface area (TPSA) is 58.9 Å². The Kier molecular flexibility index (Phi) is 5.99. The Morgan fingerprint density at radius 2 is 1.04 bits per heavy atom. The first-order valence-corrected chi connectivity index (χ1v) is 8.41. The first kappa shape index (κ1) is 17.1. The zero-order chi connectivity index (χ0) is 16.8. The van der Waals surface area contributed by atoms with Gasteiger partial charge in [0.1, 0.15) is 12.2 Å². The molecule has 0 aliphatic heterocycles. The third-order valence-corrected chi connectivity index (χ3v) is 4.46. The van der Waals surface area contributed by atoms with Crippen molar-refractivity contribution in [2.75, 3.05) is 0 Å². The van der Waals surface area contributed by atoms with Crippen LogP contribution in [0, 0.1) is 0 Å². The highest BCUT2D eigenvalue weighted by Crippen LogP contribution is 2.26. The largest absolute Gasteiger partial charge is 0.388 e. The van der Waals surface area contributed by atoms with Crippen molar-refractivity contribution in [3.8, 4) is 0 Å². The van der Waals surface area contributed by atoms with Gasteiger partial charge in [-0.15, -0.1) is 0 Å². The van der Waals surface area contributed by atoms with Crippen LogP contribution in [0.4, 0.5) is 0 Å². The summed E-state index contributed by atoms with van der Waals surface area (Å²) in [6, 6.07) is 19.7. The van der Waals surface area contributed by atoms with Crippen LogP contribution in [-0.2, 0) is 22.7 Å². The van der Waals surface area contributed by atoms with Crippen molar-refractivity contribution in [2.45, 2.75) is 50.5 Å². The molecule has 0 spiro atoms. The van der Waals surface area contributed by atoms with E-state index in [9.17, 15) is 10.2 Å². The number of rotatable bonds is 6. The minimum atomic E-state index is -0.928. The summed E-state index contributed by atoms with van der Waals surface area (Å²) in [5.41, 5.74) is 2.11. The van der Waals surface area contributed by atoms with Crippen LogP contribution in [0.15, 0.2) is 60.7 Å². The Morgan fingerprint density at radius 3 is 1.42 bits per heavy atom. The van der Waals surface area contributed by atoms with Gasteiger partial charge in [-0.2, -0.15) is 0 Å². The molecule has 1 saturated carbocycles. The summed E-state index contributed by atoms with van der Waals surface area (Å²) in [7, 11) is 0. The summed E-state index contributed by atoms with van der Waals surface area (Å²) in [4.78, 5) is 0. The molecule has 128 valence electrons. The summed E-state index contributed by atoms with van der Waals surface area (Å²) in [5, 5.41) is 20.7. The van der Waals surface area contributed by atoms with Crippen LogP contribution in [0.3, 0.4) is 0 Å². The highest BCUT2D eigenvalue weighted by molar-refractivity contribution is 5.14. The Balaban J connectivity index is 1.49. The second-order valence-corrected chi connectivity index (χ2v) is 6.23. The molecule has 1 fully saturated rings. The van der Waals surface area contributed by atoms with Crippen molar-refractivity contribution in [2.24, 2.45) is 0 Å². The first-order chi connectivity index (χ1) is 11.7. The molecule has 2 aromatic carbocycles. The van der Waals surface area contributed by atoms with E-state index in [0.29, 0.717) is 26.1 Å². The third-order valence-electron chi connectivity index (χ3n) is 4.46. The van der Waals surface area contributed by atoms with Gasteiger partial charge < -0.3 is 19.7 Å². The lowest BCUT2D eigenvalue weighted by Gasteiger charge is -2.37. The van der Waals surface area contributed by atoms with Crippen LogP contribution in [0.2, 0.25) is 0 Å². The van der Waals surface area contributed by atoms with Crippen molar-refractivity contribution < 1.29 is 19.7 Å². The van der Waals surface area contributed by atoms with Gasteiger partial charge in [0, 0.05) is 0 Å². The van der Waals surface area contributed by atoms with Gasteiger partial charge in [-0.3, -0.25) is 0 Å². The molecule has 0 amide bonds. The molecule has 4 heteroatoms. The molecular formula is C20H24O4. The molecule has 0 heterocycles. The number of hydrogen-bond donors (Lipinski definition) is 2. The van der Waals surface area contributed by atoms with Gasteiger partial charge in [-0.25, -0.2) is 0 Å². The number of ether oxygens (including phenoxy) is 2. The van der Waals surface area contributed by atoms with E-state index >= 15 is 0 Å². The van der Waals surface area contributed by atoms with Crippen LogP contribution in [0.25, 0.3) is 0 Å². The highest BCUT2D eigenvalue weighted by atomic mass is 16.5. The van der Waals surface area contributed by atoms with Crippen LogP contribution in [0.1, 0.15) is 24.0 Å². The molecule has 4 atom stereocenters. The fourth-order valence-corrected chi connectivity index (χ4v) is 3.03. The third kappa shape index (κ3) is 4.42. The predicted molar refractivity (Wildman–Crippen MR) is 91.3 cm³/mol. The van der Waals surface area contributed by atoms with E-state index in [2.05, 4.69) is 0 Å². The lowest BCUT2D eigenvalue weighted by atomic mass is 9.89. The standard InChI is InChI=1S/C20H24O4/c21-19-17(23-13-15-7-3-1-4-8-15)11-12-18(20(19)22)24-14-16-9-5-2-6-10-16/h1-10,17-22H,11-14H2/t17-,18?,19+,20?/m0/s1. The van der Waals surface area contributed by atoms with Crippen molar-refractivity contribution >= 4 is 0 Å². The number of benzene rings is 2. The Hall–Kier alpha value is -1.72. The molecule has 4 nitrogen and oxygen atoms in total. The van der Waals surface area contributed by atoms with Gasteiger partial charge in [0.15, 0.2) is 0 Å². The molecule has 1 aliphatic rings. The molecule has 0 aromatic heterocycles. The Bertz CT molecular complexity index is 546. The van der Waals surface area contributed by atoms with E-state index in [1.807, 2.05) is 60.7 Å². The number of hydrogen-bond acceptors (Lipinski definition) is 4. The maximum atomic E-state index is 10.3. The molecule has 0 bridgehead atoms. The average Bonchev–Trinajstić information content (AvgIpc) is 2.64. The van der Waals surface area contributed by atoms with Gasteiger partial charge in [-0.1, -0.05) is 60.7 Å². The lowest BCUT2D eigenvalue weighted by Crippen LogP contribution is -2.50. The minimum Gasteiger partial charge on any atom is -0.388 e. The summed E-state index contributed by atoms with van der Waals surface area (Å²) < 4.78 is 11.6. The molecule has 1 aliphatic carbocycles. The van der Waals surface area contributed by atoms with E-state index in [-0.39, 0.29) is 12.2 Å². The molecule has 2 aromatic rings. The fraction of sp³-hybridized carbons (Fsp3) is 0.400. The summed E-state index contributed by atoms with van der Waals surface area (Å²) in [6.07, 6.45) is -1.24. The normalized spacial score (nSPS) is 27.1. The quantitative estimate of drug-likeness (QED) is 0.856. The maximum absolute atomic E-state index is 10.3. The maximum Gasteiger partial charge on any atom is 0.109 e. The van der Waals surface area contributed by atoms with Crippen LogP contribution in [0.5, 0.6) is 0 Å². The van der Waals surface area contributed by atoms with E-state index in [4.69, 9.17) is 9.47 Å². The summed E-state index contributed by atoms with van der Waals surface area (Å²) in [6.45, 7) is 0.871. The van der Waals surface area contributed by atoms with E-state index < -0.39 is 12.2 Å². The number of aliphatic hydroxyl groups is 2. The van der Waals surface area contributed by atoms with E-state index in [1.165, 1.54) is 0 Å². The smallest absolute Gasteiger partial charge is 0.109 e. The predicted octanol–water partition coefficient (Wildman–Crippen LogP) is 2.67. The first-order valence-electron chi connectivity index (χ1n) is 8.41. The van der Waals surface area contributed by atoms with Crippen LogP contribution >= 0.6 is 0 Å². The summed E-state index contributed by atoms with van der Waals surface area (Å²) >= 11 is 0. The van der Waals surface area contributed by atoms with Gasteiger partial charge in [-0.05, 0) is 24.0 Å². The van der Waals surface area contributed by atoms with E-state index in [1.54, 1.807) is 0 Å². The Labute approximate surface area is 142 Å². The average molecular weight is 328 g/mol. The zero-order valence-electron chi connectivity index (χ0n) is 13.6. The van der Waals surface area contributed by atoms with Crippen molar-refractivity contribution in [3.63, 3.8) is 0 Å². The fourth-order valence-electron chi connectivity index (χ4n) is 3.03. The molecule has 3 rings (SSSR count). The summed E-state index contributed by atoms with van der Waals surface area (Å²) in [5.74, 6) is 0. The molecule has 24 heavy (non-hydrogen) atoms. The molecule has 2 unspecified atom stereocenters. The monoisotopic (exact) mass is 328 g/mol. The van der Waals surface area contributed by atoms with Crippen LogP contribution < -0.4 is 0 Å². The molecular weight excluding hydrogens is 304 g/mol. The number of aliphatic hydroxyl groups excluding tert-OH is 2. The zero-order valence-corrected chi connectivity index (χ0v) is 13.6. The Morgan fingerprint density at radius 1 is 0.667 bits per heavy atom. The van der Waals surface area contributed by atoms with Crippen molar-refractivity contribution in [1.82, 2.24) is 0 Å². The van der Waals surface area contributed by atoms with Gasteiger partial charge in [0.2, 0.25) is 0 Å². The molecule has 2 N–H and O–H groups in total. The van der Waals surface area contributed by atoms with Gasteiger partial charge in [0.05, 0.1) is 25.4 Å².